The van der Waals surface area contributed by atoms with Gasteiger partial charge in [-0.3, -0.25) is 4.99 Å². The highest BCUT2D eigenvalue weighted by molar-refractivity contribution is 14.0. The zero-order valence-electron chi connectivity index (χ0n) is 16.0. The van der Waals surface area contributed by atoms with E-state index in [1.54, 1.807) is 37.5 Å². The molecule has 0 fully saturated rings. The molecule has 7 nitrogen and oxygen atoms in total. The van der Waals surface area contributed by atoms with E-state index in [4.69, 9.17) is 11.6 Å². The Morgan fingerprint density at radius 2 is 1.89 bits per heavy atom. The van der Waals surface area contributed by atoms with Crippen LogP contribution in [0.15, 0.2) is 52.5 Å². The average Bonchev–Trinajstić information content (AvgIpc) is 2.66. The molecular formula is C18H25ClIN5O2S. The Morgan fingerprint density at radius 3 is 2.50 bits per heavy atom. The summed E-state index contributed by atoms with van der Waals surface area (Å²) in [5, 5.41) is 6.82. The van der Waals surface area contributed by atoms with Crippen molar-refractivity contribution in [3.8, 4) is 0 Å². The van der Waals surface area contributed by atoms with E-state index in [9.17, 15) is 8.42 Å². The summed E-state index contributed by atoms with van der Waals surface area (Å²) < 4.78 is 26.1. The molecule has 28 heavy (non-hydrogen) atoms. The predicted molar refractivity (Wildman–Crippen MR) is 124 cm³/mol. The Labute approximate surface area is 188 Å². The molecule has 1 aromatic heterocycles. The molecule has 2 N–H and O–H groups in total. The van der Waals surface area contributed by atoms with Gasteiger partial charge in [0.25, 0.3) is 0 Å². The monoisotopic (exact) mass is 537 g/mol. The smallest absolute Gasteiger partial charge is 0.242 e. The van der Waals surface area contributed by atoms with Crippen molar-refractivity contribution in [2.24, 2.45) is 4.99 Å². The van der Waals surface area contributed by atoms with Crippen molar-refractivity contribution in [3.63, 3.8) is 0 Å². The molecule has 10 heteroatoms. The summed E-state index contributed by atoms with van der Waals surface area (Å²) in [6, 6.07) is 10.6. The molecule has 1 aromatic carbocycles. The van der Waals surface area contributed by atoms with Gasteiger partial charge in [-0.25, -0.2) is 17.7 Å². The molecule has 154 valence electrons. The van der Waals surface area contributed by atoms with Crippen LogP contribution in [0.2, 0.25) is 5.15 Å². The lowest BCUT2D eigenvalue weighted by molar-refractivity contribution is 0.519. The molecule has 0 aliphatic heterocycles. The molecular weight excluding hydrogens is 513 g/mol. The fourth-order valence-corrected chi connectivity index (χ4v) is 3.60. The zero-order valence-corrected chi connectivity index (χ0v) is 19.9. The molecule has 0 aliphatic carbocycles. The molecule has 0 unspecified atom stereocenters. The first-order chi connectivity index (χ1) is 12.8. The van der Waals surface area contributed by atoms with Crippen molar-refractivity contribution >= 4 is 51.6 Å². The summed E-state index contributed by atoms with van der Waals surface area (Å²) in [5.41, 5.74) is 1.74. The SMILES string of the molecule is CN=C(NCCc1ccc(Cl)nc1)NCc1ccccc1S(=O)(=O)N(C)C.I. The van der Waals surface area contributed by atoms with E-state index in [2.05, 4.69) is 20.6 Å². The maximum atomic E-state index is 12.5. The van der Waals surface area contributed by atoms with Crippen molar-refractivity contribution in [1.82, 2.24) is 19.9 Å². The van der Waals surface area contributed by atoms with Crippen LogP contribution in [0, 0.1) is 0 Å². The van der Waals surface area contributed by atoms with Gasteiger partial charge in [-0.1, -0.05) is 35.9 Å². The maximum Gasteiger partial charge on any atom is 0.242 e. The van der Waals surface area contributed by atoms with E-state index >= 15 is 0 Å². The highest BCUT2D eigenvalue weighted by Gasteiger charge is 2.20. The summed E-state index contributed by atoms with van der Waals surface area (Å²) in [5.74, 6) is 0.592. The molecule has 0 bridgehead atoms. The van der Waals surface area contributed by atoms with Crippen molar-refractivity contribution in [3.05, 3.63) is 58.9 Å². The molecule has 0 atom stereocenters. The molecule has 0 spiro atoms. The number of hydrogen-bond acceptors (Lipinski definition) is 4. The average molecular weight is 538 g/mol. The van der Waals surface area contributed by atoms with Crippen LogP contribution in [-0.4, -0.2) is 51.4 Å². The van der Waals surface area contributed by atoms with Crippen molar-refractivity contribution in [2.45, 2.75) is 17.9 Å². The Hall–Kier alpha value is -1.43. The second-order valence-corrected chi connectivity index (χ2v) is 8.49. The summed E-state index contributed by atoms with van der Waals surface area (Å²) in [4.78, 5) is 8.51. The van der Waals surface area contributed by atoms with Gasteiger partial charge in [-0.15, -0.1) is 24.0 Å². The molecule has 0 saturated carbocycles. The van der Waals surface area contributed by atoms with Gasteiger partial charge in [0.05, 0.1) is 4.90 Å². The Morgan fingerprint density at radius 1 is 1.18 bits per heavy atom. The number of aromatic nitrogens is 1. The first-order valence-electron chi connectivity index (χ1n) is 8.40. The Bertz CT molecular complexity index is 889. The van der Waals surface area contributed by atoms with Gasteiger partial charge in [0.15, 0.2) is 5.96 Å². The first-order valence-corrected chi connectivity index (χ1v) is 10.2. The number of guanidine groups is 1. The molecule has 2 aromatic rings. The minimum absolute atomic E-state index is 0. The minimum atomic E-state index is -3.50. The van der Waals surface area contributed by atoms with Crippen molar-refractivity contribution in [2.75, 3.05) is 27.7 Å². The van der Waals surface area contributed by atoms with E-state index in [1.165, 1.54) is 18.4 Å². The fourth-order valence-electron chi connectivity index (χ4n) is 2.38. The van der Waals surface area contributed by atoms with Gasteiger partial charge in [0.1, 0.15) is 5.15 Å². The van der Waals surface area contributed by atoms with Crippen LogP contribution in [0.5, 0.6) is 0 Å². The zero-order chi connectivity index (χ0) is 19.9. The lowest BCUT2D eigenvalue weighted by atomic mass is 10.2. The molecule has 1 heterocycles. The van der Waals surface area contributed by atoms with Gasteiger partial charge in [0, 0.05) is 40.4 Å². The number of sulfonamides is 1. The van der Waals surface area contributed by atoms with Gasteiger partial charge in [-0.2, -0.15) is 0 Å². The lowest BCUT2D eigenvalue weighted by Gasteiger charge is -2.17. The van der Waals surface area contributed by atoms with Crippen LogP contribution in [0.1, 0.15) is 11.1 Å². The second-order valence-electron chi connectivity index (χ2n) is 5.99. The number of pyridine rings is 1. The number of rotatable bonds is 7. The van der Waals surface area contributed by atoms with Crippen LogP contribution in [-0.2, 0) is 23.0 Å². The van der Waals surface area contributed by atoms with Gasteiger partial charge >= 0.3 is 0 Å². The van der Waals surface area contributed by atoms with Crippen LogP contribution < -0.4 is 10.6 Å². The topological polar surface area (TPSA) is 86.7 Å². The van der Waals surface area contributed by atoms with E-state index in [0.29, 0.717) is 29.8 Å². The number of nitrogens with one attached hydrogen (secondary N) is 2. The summed E-state index contributed by atoms with van der Waals surface area (Å²) in [6.07, 6.45) is 2.50. The molecule has 0 amide bonds. The largest absolute Gasteiger partial charge is 0.356 e. The third kappa shape index (κ3) is 6.87. The van der Waals surface area contributed by atoms with Crippen LogP contribution in [0.25, 0.3) is 0 Å². The maximum absolute atomic E-state index is 12.5. The van der Waals surface area contributed by atoms with Crippen LogP contribution in [0.4, 0.5) is 0 Å². The standard InChI is InChI=1S/C18H24ClN5O2S.HI/c1-20-18(21-11-10-14-8-9-17(19)22-12-14)23-13-15-6-4-5-7-16(15)27(25,26)24(2)3;/h4-9,12H,10-11,13H2,1-3H3,(H2,20,21,23);1H. The molecule has 2 rings (SSSR count). The summed E-state index contributed by atoms with van der Waals surface area (Å²) in [7, 11) is 1.20. The highest BCUT2D eigenvalue weighted by atomic mass is 127. The second kappa shape index (κ2) is 11.5. The molecule has 0 aliphatic rings. The number of nitrogens with zero attached hydrogens (tertiary/aromatic N) is 3. The van der Waals surface area contributed by atoms with Crippen LogP contribution in [0.3, 0.4) is 0 Å². The Kier molecular flexibility index (Phi) is 10.1. The molecule has 0 radical (unpaired) electrons. The quantitative estimate of drug-likeness (QED) is 0.245. The van der Waals surface area contributed by atoms with Crippen molar-refractivity contribution in [1.29, 1.82) is 0 Å². The third-order valence-electron chi connectivity index (χ3n) is 3.90. The van der Waals surface area contributed by atoms with E-state index in [-0.39, 0.29) is 28.9 Å². The van der Waals surface area contributed by atoms with Gasteiger partial charge in [0.2, 0.25) is 10.0 Å². The summed E-state index contributed by atoms with van der Waals surface area (Å²) in [6.45, 7) is 0.992. The van der Waals surface area contributed by atoms with Gasteiger partial charge < -0.3 is 10.6 Å². The number of aliphatic imine (C=N–C) groups is 1. The third-order valence-corrected chi connectivity index (χ3v) is 6.03. The van der Waals surface area contributed by atoms with E-state index in [0.717, 1.165) is 12.0 Å². The van der Waals surface area contributed by atoms with Crippen LogP contribution >= 0.6 is 35.6 Å². The Balaban J connectivity index is 0.00000392. The van der Waals surface area contributed by atoms with Crippen molar-refractivity contribution < 1.29 is 8.42 Å². The van der Waals surface area contributed by atoms with E-state index in [1.807, 2.05) is 12.1 Å². The lowest BCUT2D eigenvalue weighted by Crippen LogP contribution is -2.38. The normalized spacial score (nSPS) is 11.8. The van der Waals surface area contributed by atoms with E-state index < -0.39 is 10.0 Å². The number of hydrogen-bond donors (Lipinski definition) is 2. The number of halogens is 2. The minimum Gasteiger partial charge on any atom is -0.356 e. The summed E-state index contributed by atoms with van der Waals surface area (Å²) >= 11 is 5.78. The fraction of sp³-hybridized carbons (Fsp3) is 0.333. The number of benzene rings is 1. The van der Waals surface area contributed by atoms with Gasteiger partial charge in [-0.05, 0) is 29.7 Å². The predicted octanol–water partition coefficient (Wildman–Crippen LogP) is 2.51. The highest BCUT2D eigenvalue weighted by Crippen LogP contribution is 2.18. The molecule has 0 saturated heterocycles. The first kappa shape index (κ1) is 24.6.